The van der Waals surface area contributed by atoms with Gasteiger partial charge in [0.15, 0.2) is 11.6 Å². The van der Waals surface area contributed by atoms with E-state index < -0.39 is 11.6 Å². The average Bonchev–Trinajstić information content (AvgIpc) is 3.25. The lowest BCUT2D eigenvalue weighted by molar-refractivity contribution is 0.509. The monoisotopic (exact) mass is 311 g/mol. The van der Waals surface area contributed by atoms with Crippen molar-refractivity contribution < 1.29 is 13.2 Å². The Bertz CT molecular complexity index is 683. The van der Waals surface area contributed by atoms with E-state index in [0.717, 1.165) is 25.0 Å². The Morgan fingerprint density at radius 2 is 1.71 bits per heavy atom. The van der Waals surface area contributed by atoms with Gasteiger partial charge in [-0.3, -0.25) is 0 Å². The predicted molar refractivity (Wildman–Crippen MR) is 76.6 cm³/mol. The molecule has 0 aromatic heterocycles. The van der Waals surface area contributed by atoms with E-state index in [9.17, 15) is 13.2 Å². The fourth-order valence-electron chi connectivity index (χ4n) is 2.24. The summed E-state index contributed by atoms with van der Waals surface area (Å²) in [6.07, 6.45) is 2.22. The molecule has 1 N–H and O–H groups in total. The lowest BCUT2D eigenvalue weighted by Crippen LogP contribution is -2.16. The Balaban J connectivity index is 2.02. The summed E-state index contributed by atoms with van der Waals surface area (Å²) in [6.45, 7) is 0.465. The molecule has 2 aromatic rings. The molecule has 1 nitrogen and oxygen atoms in total. The van der Waals surface area contributed by atoms with Crippen LogP contribution in [0.15, 0.2) is 30.3 Å². The van der Waals surface area contributed by atoms with Crippen LogP contribution < -0.4 is 5.32 Å². The van der Waals surface area contributed by atoms with E-state index in [2.05, 4.69) is 5.32 Å². The van der Waals surface area contributed by atoms with Crippen LogP contribution in [0.3, 0.4) is 0 Å². The first kappa shape index (κ1) is 14.4. The topological polar surface area (TPSA) is 12.0 Å². The molecule has 0 bridgehead atoms. The highest BCUT2D eigenvalue weighted by Gasteiger charge is 2.21. The molecule has 0 heterocycles. The van der Waals surface area contributed by atoms with Gasteiger partial charge in [-0.1, -0.05) is 17.7 Å². The van der Waals surface area contributed by atoms with Crippen LogP contribution in [0.5, 0.6) is 0 Å². The second kappa shape index (κ2) is 5.70. The van der Waals surface area contributed by atoms with E-state index in [4.69, 9.17) is 11.6 Å². The quantitative estimate of drug-likeness (QED) is 0.809. The minimum atomic E-state index is -0.997. The molecule has 1 saturated carbocycles. The molecule has 5 heteroatoms. The molecule has 0 spiro atoms. The maximum absolute atomic E-state index is 13.5. The van der Waals surface area contributed by atoms with E-state index in [-0.39, 0.29) is 10.8 Å². The van der Waals surface area contributed by atoms with Crippen LogP contribution in [-0.4, -0.2) is 6.04 Å². The Morgan fingerprint density at radius 3 is 2.43 bits per heavy atom. The molecule has 1 aliphatic rings. The fraction of sp³-hybridized carbons (Fsp3) is 0.250. The van der Waals surface area contributed by atoms with Crippen LogP contribution >= 0.6 is 11.6 Å². The minimum Gasteiger partial charge on any atom is -0.310 e. The third-order valence-corrected chi connectivity index (χ3v) is 3.84. The van der Waals surface area contributed by atoms with Gasteiger partial charge in [0.2, 0.25) is 0 Å². The van der Waals surface area contributed by atoms with Crippen LogP contribution in [-0.2, 0) is 6.54 Å². The third kappa shape index (κ3) is 3.22. The van der Waals surface area contributed by atoms with Crippen molar-refractivity contribution in [2.45, 2.75) is 25.4 Å². The van der Waals surface area contributed by atoms with Gasteiger partial charge < -0.3 is 5.32 Å². The number of benzene rings is 2. The van der Waals surface area contributed by atoms with Crippen LogP contribution in [0.2, 0.25) is 5.02 Å². The molecular formula is C16H13ClF3N. The maximum atomic E-state index is 13.5. The van der Waals surface area contributed by atoms with Crippen molar-refractivity contribution in [3.05, 3.63) is 58.4 Å². The summed E-state index contributed by atoms with van der Waals surface area (Å²) in [5.41, 5.74) is 1.64. The summed E-state index contributed by atoms with van der Waals surface area (Å²) in [4.78, 5) is 0. The van der Waals surface area contributed by atoms with Crippen LogP contribution in [0, 0.1) is 17.5 Å². The van der Waals surface area contributed by atoms with Gasteiger partial charge in [0.05, 0.1) is 5.02 Å². The first-order valence-corrected chi connectivity index (χ1v) is 7.09. The lowest BCUT2D eigenvalue weighted by Gasteiger charge is -2.13. The van der Waals surface area contributed by atoms with Crippen LogP contribution in [0.25, 0.3) is 11.1 Å². The molecule has 1 aliphatic carbocycles. The molecule has 0 radical (unpaired) electrons. The smallest absolute Gasteiger partial charge is 0.160 e. The van der Waals surface area contributed by atoms with E-state index in [1.54, 1.807) is 0 Å². The summed E-state index contributed by atoms with van der Waals surface area (Å²) < 4.78 is 40.1. The molecule has 0 unspecified atom stereocenters. The standard InChI is InChI=1S/C16H13ClF3N/c17-14-7-16(20)15(19)6-13(14)12-4-1-10(18)5-9(12)8-21-11-2-3-11/h1,4-7,11,21H,2-3,8H2. The number of halogens is 4. The molecule has 0 aliphatic heterocycles. The molecule has 2 aromatic carbocycles. The van der Waals surface area contributed by atoms with Gasteiger partial charge in [0, 0.05) is 18.2 Å². The maximum Gasteiger partial charge on any atom is 0.160 e. The Labute approximate surface area is 125 Å². The highest BCUT2D eigenvalue weighted by molar-refractivity contribution is 6.33. The van der Waals surface area contributed by atoms with Gasteiger partial charge >= 0.3 is 0 Å². The van der Waals surface area contributed by atoms with Crippen molar-refractivity contribution in [3.63, 3.8) is 0 Å². The van der Waals surface area contributed by atoms with Crippen molar-refractivity contribution in [1.29, 1.82) is 0 Å². The van der Waals surface area contributed by atoms with Crippen molar-refractivity contribution in [3.8, 4) is 11.1 Å². The summed E-state index contributed by atoms with van der Waals surface area (Å²) in [7, 11) is 0. The predicted octanol–water partition coefficient (Wildman–Crippen LogP) is 4.68. The number of nitrogens with one attached hydrogen (secondary N) is 1. The first-order valence-electron chi connectivity index (χ1n) is 6.71. The molecule has 0 amide bonds. The van der Waals surface area contributed by atoms with Gasteiger partial charge in [-0.15, -0.1) is 0 Å². The molecule has 3 rings (SSSR count). The van der Waals surface area contributed by atoms with E-state index in [1.165, 1.54) is 18.2 Å². The van der Waals surface area contributed by atoms with E-state index >= 15 is 0 Å². The van der Waals surface area contributed by atoms with Crippen molar-refractivity contribution in [2.75, 3.05) is 0 Å². The zero-order valence-corrected chi connectivity index (χ0v) is 11.9. The molecule has 1 fully saturated rings. The zero-order valence-electron chi connectivity index (χ0n) is 11.1. The largest absolute Gasteiger partial charge is 0.310 e. The van der Waals surface area contributed by atoms with E-state index in [1.807, 2.05) is 0 Å². The lowest BCUT2D eigenvalue weighted by atomic mass is 9.99. The molecule has 0 saturated heterocycles. The number of hydrogen-bond donors (Lipinski definition) is 1. The summed E-state index contributed by atoms with van der Waals surface area (Å²) in [5, 5.41) is 3.38. The molecule has 110 valence electrons. The number of rotatable bonds is 4. The summed E-state index contributed by atoms with van der Waals surface area (Å²) in [6, 6.07) is 6.66. The van der Waals surface area contributed by atoms with Gasteiger partial charge in [-0.25, -0.2) is 13.2 Å². The van der Waals surface area contributed by atoms with E-state index in [0.29, 0.717) is 29.3 Å². The minimum absolute atomic E-state index is 0.105. The van der Waals surface area contributed by atoms with Gasteiger partial charge in [0.25, 0.3) is 0 Å². The van der Waals surface area contributed by atoms with Gasteiger partial charge in [-0.05, 0) is 48.2 Å². The highest BCUT2D eigenvalue weighted by Crippen LogP contribution is 2.33. The van der Waals surface area contributed by atoms with Crippen molar-refractivity contribution in [1.82, 2.24) is 5.32 Å². The van der Waals surface area contributed by atoms with Gasteiger partial charge in [0.1, 0.15) is 5.82 Å². The second-order valence-electron chi connectivity index (χ2n) is 5.20. The van der Waals surface area contributed by atoms with Crippen LogP contribution in [0.4, 0.5) is 13.2 Å². The Morgan fingerprint density at radius 1 is 1.00 bits per heavy atom. The molecular weight excluding hydrogens is 299 g/mol. The van der Waals surface area contributed by atoms with Crippen molar-refractivity contribution in [2.24, 2.45) is 0 Å². The van der Waals surface area contributed by atoms with Crippen LogP contribution in [0.1, 0.15) is 18.4 Å². The Hall–Kier alpha value is -1.52. The highest BCUT2D eigenvalue weighted by atomic mass is 35.5. The average molecular weight is 312 g/mol. The molecule has 21 heavy (non-hydrogen) atoms. The zero-order chi connectivity index (χ0) is 15.0. The summed E-state index contributed by atoms with van der Waals surface area (Å²) in [5.74, 6) is -2.34. The molecule has 0 atom stereocenters. The SMILES string of the molecule is Fc1ccc(-c2cc(F)c(F)cc2Cl)c(CNC2CC2)c1. The normalized spacial score (nSPS) is 14.5. The number of hydrogen-bond acceptors (Lipinski definition) is 1. The third-order valence-electron chi connectivity index (χ3n) is 3.53. The Kier molecular flexibility index (Phi) is 3.91. The van der Waals surface area contributed by atoms with Crippen molar-refractivity contribution >= 4 is 11.6 Å². The second-order valence-corrected chi connectivity index (χ2v) is 5.61. The van der Waals surface area contributed by atoms with Gasteiger partial charge in [-0.2, -0.15) is 0 Å². The fourth-order valence-corrected chi connectivity index (χ4v) is 2.49. The summed E-state index contributed by atoms with van der Waals surface area (Å²) >= 11 is 6.00. The first-order chi connectivity index (χ1) is 10.0.